The number of methoxy groups -OCH3 is 1. The first-order chi connectivity index (χ1) is 9.52. The van der Waals surface area contributed by atoms with E-state index in [1.165, 1.54) is 0 Å². The van der Waals surface area contributed by atoms with E-state index in [0.29, 0.717) is 23.1 Å². The molecule has 0 saturated carbocycles. The molecule has 106 valence electrons. The maximum atomic E-state index is 6.04. The fourth-order valence-electron chi connectivity index (χ4n) is 1.97. The molecule has 0 fully saturated rings. The van der Waals surface area contributed by atoms with Crippen molar-refractivity contribution < 1.29 is 9.47 Å². The number of para-hydroxylation sites is 1. The lowest BCUT2D eigenvalue weighted by Crippen LogP contribution is -1.98. The van der Waals surface area contributed by atoms with Gasteiger partial charge >= 0.3 is 0 Å². The van der Waals surface area contributed by atoms with Crippen LogP contribution in [0.1, 0.15) is 25.3 Å². The molecule has 0 heterocycles. The summed E-state index contributed by atoms with van der Waals surface area (Å²) in [6.45, 7) is 4.26. The van der Waals surface area contributed by atoms with Crippen LogP contribution in [0.3, 0.4) is 0 Å². The Labute approximate surface area is 127 Å². The van der Waals surface area contributed by atoms with Crippen LogP contribution in [0.4, 0.5) is 5.69 Å². The number of hydrogen-bond donors (Lipinski definition) is 1. The highest BCUT2D eigenvalue weighted by atomic mass is 79.9. The van der Waals surface area contributed by atoms with Gasteiger partial charge in [0.15, 0.2) is 5.75 Å². The van der Waals surface area contributed by atoms with Crippen molar-refractivity contribution >= 4 is 21.6 Å². The molecular weight excluding hydrogens is 318 g/mol. The molecule has 0 unspecified atom stereocenters. The quantitative estimate of drug-likeness (QED) is 0.803. The average Bonchev–Trinajstić information content (AvgIpc) is 2.42. The summed E-state index contributed by atoms with van der Waals surface area (Å²) in [5.74, 6) is 2.39. The second kappa shape index (κ2) is 6.18. The number of rotatable bonds is 4. The summed E-state index contributed by atoms with van der Waals surface area (Å²) >= 11 is 3.49. The monoisotopic (exact) mass is 335 g/mol. The average molecular weight is 336 g/mol. The van der Waals surface area contributed by atoms with Crippen molar-refractivity contribution in [3.8, 4) is 17.2 Å². The van der Waals surface area contributed by atoms with Gasteiger partial charge in [-0.15, -0.1) is 0 Å². The Balaban J connectivity index is 2.40. The van der Waals surface area contributed by atoms with E-state index in [9.17, 15) is 0 Å². The number of anilines is 1. The maximum Gasteiger partial charge on any atom is 0.154 e. The van der Waals surface area contributed by atoms with E-state index in [-0.39, 0.29) is 0 Å². The van der Waals surface area contributed by atoms with E-state index >= 15 is 0 Å². The minimum atomic E-state index is 0.356. The summed E-state index contributed by atoms with van der Waals surface area (Å²) in [4.78, 5) is 0. The van der Waals surface area contributed by atoms with Gasteiger partial charge in [-0.1, -0.05) is 35.8 Å². The lowest BCUT2D eigenvalue weighted by molar-refractivity contribution is 0.411. The summed E-state index contributed by atoms with van der Waals surface area (Å²) in [5, 5.41) is 0. The van der Waals surface area contributed by atoms with Crippen molar-refractivity contribution in [2.75, 3.05) is 12.8 Å². The first kappa shape index (κ1) is 14.7. The van der Waals surface area contributed by atoms with Crippen LogP contribution in [0.15, 0.2) is 40.9 Å². The molecule has 0 aromatic heterocycles. The lowest BCUT2D eigenvalue weighted by atomic mass is 10.0. The van der Waals surface area contributed by atoms with Gasteiger partial charge in [-0.25, -0.2) is 0 Å². The van der Waals surface area contributed by atoms with E-state index in [2.05, 4.69) is 35.8 Å². The number of hydrogen-bond acceptors (Lipinski definition) is 3. The Kier molecular flexibility index (Phi) is 4.55. The molecule has 0 aliphatic heterocycles. The number of benzene rings is 2. The summed E-state index contributed by atoms with van der Waals surface area (Å²) in [6.07, 6.45) is 0. The highest BCUT2D eigenvalue weighted by Crippen LogP contribution is 2.38. The lowest BCUT2D eigenvalue weighted by Gasteiger charge is -2.16. The molecule has 0 aliphatic rings. The Morgan fingerprint density at radius 2 is 1.75 bits per heavy atom. The Morgan fingerprint density at radius 1 is 1.05 bits per heavy atom. The maximum absolute atomic E-state index is 6.04. The van der Waals surface area contributed by atoms with Crippen LogP contribution in [0.25, 0.3) is 0 Å². The molecule has 0 aliphatic carbocycles. The molecule has 0 saturated heterocycles. The molecule has 2 aromatic carbocycles. The minimum Gasteiger partial charge on any atom is -0.494 e. The SMILES string of the molecule is COc1cccc(Oc2ccc(Br)cc2C(C)C)c1N. The molecule has 0 amide bonds. The molecule has 2 rings (SSSR count). The summed E-state index contributed by atoms with van der Waals surface area (Å²) in [6, 6.07) is 11.5. The van der Waals surface area contributed by atoms with Crippen molar-refractivity contribution in [3.05, 3.63) is 46.4 Å². The van der Waals surface area contributed by atoms with Crippen molar-refractivity contribution in [1.29, 1.82) is 0 Å². The Hall–Kier alpha value is -1.68. The zero-order valence-electron chi connectivity index (χ0n) is 11.8. The molecule has 0 radical (unpaired) electrons. The Bertz CT molecular complexity index is 611. The molecule has 0 bridgehead atoms. The highest BCUT2D eigenvalue weighted by molar-refractivity contribution is 9.10. The van der Waals surface area contributed by atoms with Crippen LogP contribution in [-0.4, -0.2) is 7.11 Å². The normalized spacial score (nSPS) is 10.7. The number of halogens is 1. The minimum absolute atomic E-state index is 0.356. The molecule has 3 nitrogen and oxygen atoms in total. The van der Waals surface area contributed by atoms with E-state index in [1.54, 1.807) is 7.11 Å². The third-order valence-corrected chi connectivity index (χ3v) is 3.55. The van der Waals surface area contributed by atoms with Gasteiger partial charge in [0.1, 0.15) is 17.2 Å². The van der Waals surface area contributed by atoms with E-state index in [0.717, 1.165) is 15.8 Å². The predicted octanol–water partition coefficient (Wildman–Crippen LogP) is 4.96. The fraction of sp³-hybridized carbons (Fsp3) is 0.250. The fourth-order valence-corrected chi connectivity index (χ4v) is 2.35. The topological polar surface area (TPSA) is 44.5 Å². The number of ether oxygens (including phenoxy) is 2. The van der Waals surface area contributed by atoms with Gasteiger partial charge in [-0.2, -0.15) is 0 Å². The molecule has 20 heavy (non-hydrogen) atoms. The van der Waals surface area contributed by atoms with Gasteiger partial charge < -0.3 is 15.2 Å². The van der Waals surface area contributed by atoms with E-state index in [1.807, 2.05) is 30.3 Å². The van der Waals surface area contributed by atoms with Crippen LogP contribution in [0.5, 0.6) is 17.2 Å². The van der Waals surface area contributed by atoms with Crippen LogP contribution in [0.2, 0.25) is 0 Å². The van der Waals surface area contributed by atoms with E-state index < -0.39 is 0 Å². The zero-order valence-corrected chi connectivity index (χ0v) is 13.4. The Morgan fingerprint density at radius 3 is 2.40 bits per heavy atom. The van der Waals surface area contributed by atoms with Crippen molar-refractivity contribution in [1.82, 2.24) is 0 Å². The molecular formula is C16H18BrNO2. The van der Waals surface area contributed by atoms with Gasteiger partial charge in [0.2, 0.25) is 0 Å². The van der Waals surface area contributed by atoms with Crippen LogP contribution in [-0.2, 0) is 0 Å². The summed E-state index contributed by atoms with van der Waals surface area (Å²) < 4.78 is 12.2. The highest BCUT2D eigenvalue weighted by Gasteiger charge is 2.12. The van der Waals surface area contributed by atoms with Crippen LogP contribution in [0, 0.1) is 0 Å². The third-order valence-electron chi connectivity index (χ3n) is 3.06. The largest absolute Gasteiger partial charge is 0.494 e. The van der Waals surface area contributed by atoms with Gasteiger partial charge in [0.25, 0.3) is 0 Å². The summed E-state index contributed by atoms with van der Waals surface area (Å²) in [7, 11) is 1.59. The smallest absolute Gasteiger partial charge is 0.154 e. The zero-order chi connectivity index (χ0) is 14.7. The molecule has 2 aromatic rings. The molecule has 0 spiro atoms. The first-order valence-corrected chi connectivity index (χ1v) is 7.22. The van der Waals surface area contributed by atoms with Crippen LogP contribution >= 0.6 is 15.9 Å². The second-order valence-electron chi connectivity index (χ2n) is 4.81. The third kappa shape index (κ3) is 3.07. The number of nitrogen functional groups attached to an aromatic ring is 1. The van der Waals surface area contributed by atoms with Crippen molar-refractivity contribution in [3.63, 3.8) is 0 Å². The number of nitrogens with two attached hydrogens (primary N) is 1. The van der Waals surface area contributed by atoms with Crippen LogP contribution < -0.4 is 15.2 Å². The van der Waals surface area contributed by atoms with Gasteiger partial charge in [0.05, 0.1) is 7.11 Å². The predicted molar refractivity (Wildman–Crippen MR) is 85.7 cm³/mol. The molecule has 2 N–H and O–H groups in total. The van der Waals surface area contributed by atoms with E-state index in [4.69, 9.17) is 15.2 Å². The summed E-state index contributed by atoms with van der Waals surface area (Å²) in [5.41, 5.74) is 7.67. The standard InChI is InChI=1S/C16H18BrNO2/c1-10(2)12-9-11(17)7-8-13(12)20-15-6-4-5-14(19-3)16(15)18/h4-10H,18H2,1-3H3. The van der Waals surface area contributed by atoms with Crippen molar-refractivity contribution in [2.45, 2.75) is 19.8 Å². The van der Waals surface area contributed by atoms with Crippen molar-refractivity contribution in [2.24, 2.45) is 0 Å². The van der Waals surface area contributed by atoms with Gasteiger partial charge in [-0.3, -0.25) is 0 Å². The first-order valence-electron chi connectivity index (χ1n) is 6.42. The second-order valence-corrected chi connectivity index (χ2v) is 5.73. The molecule has 0 atom stereocenters. The van der Waals surface area contributed by atoms with Gasteiger partial charge in [-0.05, 0) is 41.8 Å². The van der Waals surface area contributed by atoms with Gasteiger partial charge in [0, 0.05) is 4.47 Å². The molecule has 4 heteroatoms.